The van der Waals surface area contributed by atoms with E-state index < -0.39 is 11.5 Å². The zero-order valence-corrected chi connectivity index (χ0v) is 13.8. The van der Waals surface area contributed by atoms with Crippen LogP contribution < -0.4 is 5.32 Å². The van der Waals surface area contributed by atoms with Gasteiger partial charge in [0.25, 0.3) is 0 Å². The molecule has 0 unspecified atom stereocenters. The summed E-state index contributed by atoms with van der Waals surface area (Å²) in [4.78, 5) is 13.8. The second-order valence-electron chi connectivity index (χ2n) is 7.23. The van der Waals surface area contributed by atoms with Crippen molar-refractivity contribution >= 4 is 5.97 Å². The predicted molar refractivity (Wildman–Crippen MR) is 83.0 cm³/mol. The van der Waals surface area contributed by atoms with Gasteiger partial charge in [0.15, 0.2) is 0 Å². The molecule has 118 valence electrons. The highest BCUT2D eigenvalue weighted by atomic mass is 16.4. The van der Waals surface area contributed by atoms with Gasteiger partial charge in [0, 0.05) is 13.1 Å². The standard InChI is InChI=1S/C16H32N2O2/c1-6-15(2,3)13-7-9-16(10-8-13,14(19)20)17-11-12-18(4)5/h13,17H,6-12H2,1-5H3,(H,19,20). The molecule has 1 saturated carbocycles. The molecule has 1 aliphatic carbocycles. The third kappa shape index (κ3) is 4.19. The van der Waals surface area contributed by atoms with E-state index in [-0.39, 0.29) is 0 Å². The molecule has 20 heavy (non-hydrogen) atoms. The fourth-order valence-electron chi connectivity index (χ4n) is 3.17. The minimum Gasteiger partial charge on any atom is -0.480 e. The third-order valence-corrected chi connectivity index (χ3v) is 5.29. The van der Waals surface area contributed by atoms with E-state index in [1.54, 1.807) is 0 Å². The first-order valence-corrected chi connectivity index (χ1v) is 7.86. The van der Waals surface area contributed by atoms with Crippen molar-refractivity contribution in [2.24, 2.45) is 11.3 Å². The van der Waals surface area contributed by atoms with Gasteiger partial charge >= 0.3 is 5.97 Å². The van der Waals surface area contributed by atoms with Gasteiger partial charge in [-0.05, 0) is 51.1 Å². The van der Waals surface area contributed by atoms with E-state index in [0.717, 1.165) is 45.2 Å². The molecule has 1 aliphatic rings. The van der Waals surface area contributed by atoms with Crippen molar-refractivity contribution in [3.05, 3.63) is 0 Å². The summed E-state index contributed by atoms with van der Waals surface area (Å²) in [5, 5.41) is 12.9. The molecule has 0 spiro atoms. The van der Waals surface area contributed by atoms with Crippen LogP contribution in [0.2, 0.25) is 0 Å². The van der Waals surface area contributed by atoms with Crippen LogP contribution in [0.4, 0.5) is 0 Å². The number of carbonyl (C=O) groups is 1. The monoisotopic (exact) mass is 284 g/mol. The van der Waals surface area contributed by atoms with Crippen LogP contribution in [0.25, 0.3) is 0 Å². The maximum Gasteiger partial charge on any atom is 0.323 e. The summed E-state index contributed by atoms with van der Waals surface area (Å²) in [6.45, 7) is 8.46. The minimum atomic E-state index is -0.698. The molecular formula is C16H32N2O2. The van der Waals surface area contributed by atoms with Crippen LogP contribution in [0.15, 0.2) is 0 Å². The van der Waals surface area contributed by atoms with Gasteiger partial charge in [0.2, 0.25) is 0 Å². The summed E-state index contributed by atoms with van der Waals surface area (Å²) in [5.41, 5.74) is -0.370. The quantitative estimate of drug-likeness (QED) is 0.754. The molecule has 0 bridgehead atoms. The van der Waals surface area contributed by atoms with Crippen LogP contribution in [0.5, 0.6) is 0 Å². The average molecular weight is 284 g/mol. The number of hydrogen-bond acceptors (Lipinski definition) is 3. The SMILES string of the molecule is CCC(C)(C)C1CCC(NCCN(C)C)(C(=O)O)CC1. The molecule has 0 radical (unpaired) electrons. The van der Waals surface area contributed by atoms with Crippen molar-refractivity contribution in [2.75, 3.05) is 27.2 Å². The van der Waals surface area contributed by atoms with E-state index in [2.05, 4.69) is 31.0 Å². The number of carboxylic acid groups (broad SMARTS) is 1. The van der Waals surface area contributed by atoms with E-state index in [1.807, 2.05) is 14.1 Å². The van der Waals surface area contributed by atoms with Gasteiger partial charge in [-0.2, -0.15) is 0 Å². The summed E-state index contributed by atoms with van der Waals surface area (Å²) in [6, 6.07) is 0. The highest BCUT2D eigenvalue weighted by Gasteiger charge is 2.44. The first-order valence-electron chi connectivity index (χ1n) is 7.86. The number of carboxylic acids is 1. The van der Waals surface area contributed by atoms with Crippen molar-refractivity contribution in [3.63, 3.8) is 0 Å². The molecule has 1 fully saturated rings. The topological polar surface area (TPSA) is 52.6 Å². The number of hydrogen-bond donors (Lipinski definition) is 2. The van der Waals surface area contributed by atoms with Crippen molar-refractivity contribution in [1.82, 2.24) is 10.2 Å². The van der Waals surface area contributed by atoms with Crippen molar-refractivity contribution < 1.29 is 9.90 Å². The number of rotatable bonds is 7. The first-order chi connectivity index (χ1) is 9.23. The summed E-state index contributed by atoms with van der Waals surface area (Å²) in [6.07, 6.45) is 4.70. The lowest BCUT2D eigenvalue weighted by Crippen LogP contribution is -2.56. The third-order valence-electron chi connectivity index (χ3n) is 5.29. The predicted octanol–water partition coefficient (Wildman–Crippen LogP) is 2.59. The number of aliphatic carboxylic acids is 1. The van der Waals surface area contributed by atoms with E-state index >= 15 is 0 Å². The summed E-state index contributed by atoms with van der Waals surface area (Å²) in [7, 11) is 4.02. The zero-order chi connectivity index (χ0) is 15.4. The van der Waals surface area contributed by atoms with E-state index in [9.17, 15) is 9.90 Å². The maximum absolute atomic E-state index is 11.7. The van der Waals surface area contributed by atoms with Crippen LogP contribution in [-0.4, -0.2) is 48.7 Å². The normalized spacial score (nSPS) is 27.8. The Hall–Kier alpha value is -0.610. The summed E-state index contributed by atoms with van der Waals surface area (Å²) < 4.78 is 0. The number of nitrogens with zero attached hydrogens (tertiary/aromatic N) is 1. The van der Waals surface area contributed by atoms with Gasteiger partial charge in [0.05, 0.1) is 0 Å². The highest BCUT2D eigenvalue weighted by molar-refractivity contribution is 5.78. The average Bonchev–Trinajstić information content (AvgIpc) is 2.38. The largest absolute Gasteiger partial charge is 0.480 e. The van der Waals surface area contributed by atoms with Crippen molar-refractivity contribution in [1.29, 1.82) is 0 Å². The fraction of sp³-hybridized carbons (Fsp3) is 0.938. The van der Waals surface area contributed by atoms with E-state index in [0.29, 0.717) is 11.3 Å². The van der Waals surface area contributed by atoms with E-state index in [1.165, 1.54) is 0 Å². The Morgan fingerprint density at radius 1 is 1.35 bits per heavy atom. The molecule has 0 aromatic rings. The number of nitrogens with one attached hydrogen (secondary N) is 1. The molecule has 0 aromatic heterocycles. The smallest absolute Gasteiger partial charge is 0.323 e. The first kappa shape index (κ1) is 17.4. The molecule has 1 rings (SSSR count). The lowest BCUT2D eigenvalue weighted by Gasteiger charge is -2.43. The van der Waals surface area contributed by atoms with Crippen LogP contribution in [0.1, 0.15) is 52.9 Å². The summed E-state index contributed by atoms with van der Waals surface area (Å²) in [5.74, 6) is -0.0281. The van der Waals surface area contributed by atoms with Crippen LogP contribution >= 0.6 is 0 Å². The molecular weight excluding hydrogens is 252 g/mol. The van der Waals surface area contributed by atoms with Crippen LogP contribution in [0, 0.1) is 11.3 Å². The molecule has 0 atom stereocenters. The van der Waals surface area contributed by atoms with Gasteiger partial charge in [-0.25, -0.2) is 0 Å². The van der Waals surface area contributed by atoms with Gasteiger partial charge in [-0.15, -0.1) is 0 Å². The molecule has 0 saturated heterocycles. The summed E-state index contributed by atoms with van der Waals surface area (Å²) >= 11 is 0. The van der Waals surface area contributed by atoms with Crippen LogP contribution in [0.3, 0.4) is 0 Å². The second kappa shape index (κ2) is 6.90. The molecule has 4 nitrogen and oxygen atoms in total. The highest BCUT2D eigenvalue weighted by Crippen LogP contribution is 2.43. The lowest BCUT2D eigenvalue weighted by molar-refractivity contribution is -0.147. The molecule has 0 aromatic carbocycles. The van der Waals surface area contributed by atoms with E-state index in [4.69, 9.17) is 0 Å². The zero-order valence-electron chi connectivity index (χ0n) is 13.8. The molecule has 0 heterocycles. The van der Waals surface area contributed by atoms with Gasteiger partial charge in [-0.1, -0.05) is 27.2 Å². The fourth-order valence-corrected chi connectivity index (χ4v) is 3.17. The molecule has 0 amide bonds. The Labute approximate surface area is 123 Å². The lowest BCUT2D eigenvalue weighted by atomic mass is 9.65. The molecule has 4 heteroatoms. The maximum atomic E-state index is 11.7. The van der Waals surface area contributed by atoms with Gasteiger partial charge in [0.1, 0.15) is 5.54 Å². The number of likely N-dealkylation sites (N-methyl/N-ethyl adjacent to an activating group) is 1. The second-order valence-corrected chi connectivity index (χ2v) is 7.23. The Morgan fingerprint density at radius 3 is 2.30 bits per heavy atom. The van der Waals surface area contributed by atoms with Crippen LogP contribution in [-0.2, 0) is 4.79 Å². The molecule has 2 N–H and O–H groups in total. The Morgan fingerprint density at radius 2 is 1.90 bits per heavy atom. The minimum absolute atomic E-state index is 0.328. The van der Waals surface area contributed by atoms with Crippen molar-refractivity contribution in [2.45, 2.75) is 58.4 Å². The molecule has 0 aliphatic heterocycles. The Kier molecular flexibility index (Phi) is 6.02. The van der Waals surface area contributed by atoms with Gasteiger partial charge in [-0.3, -0.25) is 4.79 Å². The Bertz CT molecular complexity index is 318. The van der Waals surface area contributed by atoms with Gasteiger partial charge < -0.3 is 15.3 Å². The Balaban J connectivity index is 2.61. The van der Waals surface area contributed by atoms with Crippen molar-refractivity contribution in [3.8, 4) is 0 Å².